The largest absolute Gasteiger partial charge is 0.493 e. The molecule has 5 nitrogen and oxygen atoms in total. The molecule has 0 unspecified atom stereocenters. The van der Waals surface area contributed by atoms with Crippen LogP contribution < -0.4 is 14.9 Å². The van der Waals surface area contributed by atoms with Gasteiger partial charge in [0.2, 0.25) is 0 Å². The molecular formula is C23H22N2O3. The third kappa shape index (κ3) is 5.20. The molecule has 0 fully saturated rings. The van der Waals surface area contributed by atoms with Crippen molar-refractivity contribution < 1.29 is 14.3 Å². The highest BCUT2D eigenvalue weighted by molar-refractivity contribution is 5.94. The summed E-state index contributed by atoms with van der Waals surface area (Å²) in [5.74, 6) is 0.989. The Kier molecular flexibility index (Phi) is 6.41. The molecule has 1 N–H and O–H groups in total. The van der Waals surface area contributed by atoms with E-state index in [0.29, 0.717) is 23.7 Å². The summed E-state index contributed by atoms with van der Waals surface area (Å²) in [6.45, 7) is 2.43. The Bertz CT molecular complexity index is 951. The van der Waals surface area contributed by atoms with Crippen LogP contribution in [0.15, 0.2) is 77.9 Å². The fourth-order valence-corrected chi connectivity index (χ4v) is 2.55. The summed E-state index contributed by atoms with van der Waals surface area (Å²) >= 11 is 0. The molecule has 142 valence electrons. The first-order valence-electron chi connectivity index (χ1n) is 8.90. The van der Waals surface area contributed by atoms with Gasteiger partial charge in [0.05, 0.1) is 13.3 Å². The molecule has 0 aliphatic heterocycles. The average molecular weight is 374 g/mol. The van der Waals surface area contributed by atoms with Gasteiger partial charge in [-0.1, -0.05) is 48.0 Å². The monoisotopic (exact) mass is 374 g/mol. The maximum absolute atomic E-state index is 12.1. The fraction of sp³-hybridized carbons (Fsp3) is 0.130. The first-order chi connectivity index (χ1) is 13.7. The second kappa shape index (κ2) is 9.37. The van der Waals surface area contributed by atoms with E-state index in [1.165, 1.54) is 0 Å². The molecule has 0 spiro atoms. The number of rotatable bonds is 7. The van der Waals surface area contributed by atoms with Crippen molar-refractivity contribution in [2.45, 2.75) is 13.5 Å². The van der Waals surface area contributed by atoms with Crippen molar-refractivity contribution in [1.82, 2.24) is 5.43 Å². The number of methoxy groups -OCH3 is 1. The summed E-state index contributed by atoms with van der Waals surface area (Å²) in [6.07, 6.45) is 1.57. The van der Waals surface area contributed by atoms with Gasteiger partial charge in [0.25, 0.3) is 5.91 Å². The number of hydrogen-bond acceptors (Lipinski definition) is 4. The molecule has 3 rings (SSSR count). The zero-order valence-electron chi connectivity index (χ0n) is 15.9. The zero-order valence-corrected chi connectivity index (χ0v) is 15.9. The first kappa shape index (κ1) is 19.2. The Morgan fingerprint density at radius 1 is 1.00 bits per heavy atom. The Morgan fingerprint density at radius 2 is 1.75 bits per heavy atom. The van der Waals surface area contributed by atoms with Crippen LogP contribution in [0.4, 0.5) is 0 Å². The number of hydrazone groups is 1. The summed E-state index contributed by atoms with van der Waals surface area (Å²) in [5, 5.41) is 4.02. The third-order valence-electron chi connectivity index (χ3n) is 4.12. The van der Waals surface area contributed by atoms with Gasteiger partial charge < -0.3 is 9.47 Å². The summed E-state index contributed by atoms with van der Waals surface area (Å²) in [4.78, 5) is 12.1. The van der Waals surface area contributed by atoms with Crippen LogP contribution in [0.25, 0.3) is 0 Å². The number of nitrogens with one attached hydrogen (secondary N) is 1. The van der Waals surface area contributed by atoms with Gasteiger partial charge in [0.15, 0.2) is 11.5 Å². The smallest absolute Gasteiger partial charge is 0.271 e. The van der Waals surface area contributed by atoms with Crippen molar-refractivity contribution in [3.8, 4) is 11.5 Å². The van der Waals surface area contributed by atoms with Crippen LogP contribution in [0, 0.1) is 6.92 Å². The second-order valence-corrected chi connectivity index (χ2v) is 6.25. The van der Waals surface area contributed by atoms with E-state index in [9.17, 15) is 4.79 Å². The molecule has 5 heteroatoms. The minimum atomic E-state index is -0.258. The van der Waals surface area contributed by atoms with Crippen LogP contribution in [0.2, 0.25) is 0 Å². The average Bonchev–Trinajstić information content (AvgIpc) is 2.73. The molecule has 0 saturated carbocycles. The van der Waals surface area contributed by atoms with E-state index in [4.69, 9.17) is 9.47 Å². The maximum atomic E-state index is 12.1. The molecular weight excluding hydrogens is 352 g/mol. The van der Waals surface area contributed by atoms with E-state index >= 15 is 0 Å². The van der Waals surface area contributed by atoms with E-state index in [1.54, 1.807) is 25.5 Å². The molecule has 1 amide bonds. The predicted molar refractivity (Wildman–Crippen MR) is 110 cm³/mol. The highest BCUT2D eigenvalue weighted by Gasteiger charge is 2.06. The zero-order chi connectivity index (χ0) is 19.8. The first-order valence-corrected chi connectivity index (χ1v) is 8.90. The van der Waals surface area contributed by atoms with Crippen LogP contribution in [0.5, 0.6) is 11.5 Å². The Balaban J connectivity index is 1.61. The van der Waals surface area contributed by atoms with Gasteiger partial charge in [-0.25, -0.2) is 5.43 Å². The molecule has 0 bridgehead atoms. The van der Waals surface area contributed by atoms with Gasteiger partial charge in [-0.3, -0.25) is 4.79 Å². The molecule has 0 aliphatic carbocycles. The van der Waals surface area contributed by atoms with E-state index in [0.717, 1.165) is 16.7 Å². The minimum Gasteiger partial charge on any atom is -0.493 e. The lowest BCUT2D eigenvalue weighted by Crippen LogP contribution is -2.17. The highest BCUT2D eigenvalue weighted by Crippen LogP contribution is 2.28. The quantitative estimate of drug-likeness (QED) is 0.494. The summed E-state index contributed by atoms with van der Waals surface area (Å²) < 4.78 is 11.2. The van der Waals surface area contributed by atoms with Crippen molar-refractivity contribution in [1.29, 1.82) is 0 Å². The van der Waals surface area contributed by atoms with E-state index in [-0.39, 0.29) is 5.91 Å². The van der Waals surface area contributed by atoms with Crippen LogP contribution in [-0.4, -0.2) is 19.2 Å². The van der Waals surface area contributed by atoms with Crippen molar-refractivity contribution in [3.63, 3.8) is 0 Å². The predicted octanol–water partition coefficient (Wildman–Crippen LogP) is 4.35. The Hall–Kier alpha value is -3.60. The number of ether oxygens (including phenoxy) is 2. The Labute approximate surface area is 164 Å². The lowest BCUT2D eigenvalue weighted by Gasteiger charge is -2.11. The SMILES string of the molecule is COc1cc(/C=N/NC(=O)c2ccc(C)cc2)ccc1OCc1ccccc1. The normalized spacial score (nSPS) is 10.6. The molecule has 3 aromatic rings. The van der Waals surface area contributed by atoms with Crippen LogP contribution in [0.3, 0.4) is 0 Å². The van der Waals surface area contributed by atoms with Crippen LogP contribution >= 0.6 is 0 Å². The summed E-state index contributed by atoms with van der Waals surface area (Å²) in [5.41, 5.74) is 6.05. The summed E-state index contributed by atoms with van der Waals surface area (Å²) in [7, 11) is 1.59. The standard InChI is InChI=1S/C23H22N2O3/c1-17-8-11-20(12-9-17)23(26)25-24-15-19-10-13-21(22(14-19)27-2)28-16-18-6-4-3-5-7-18/h3-15H,16H2,1-2H3,(H,25,26)/b24-15+. The number of nitrogens with zero attached hydrogens (tertiary/aromatic N) is 1. The van der Waals surface area contributed by atoms with E-state index in [2.05, 4.69) is 10.5 Å². The van der Waals surface area contributed by atoms with Gasteiger partial charge in [0.1, 0.15) is 6.61 Å². The second-order valence-electron chi connectivity index (χ2n) is 6.25. The molecule has 28 heavy (non-hydrogen) atoms. The van der Waals surface area contributed by atoms with Crippen molar-refractivity contribution in [2.24, 2.45) is 5.10 Å². The van der Waals surface area contributed by atoms with Crippen molar-refractivity contribution >= 4 is 12.1 Å². The third-order valence-corrected chi connectivity index (χ3v) is 4.12. The number of carbonyl (C=O) groups excluding carboxylic acids is 1. The lowest BCUT2D eigenvalue weighted by atomic mass is 10.1. The fourth-order valence-electron chi connectivity index (χ4n) is 2.55. The van der Waals surface area contributed by atoms with Gasteiger partial charge >= 0.3 is 0 Å². The van der Waals surface area contributed by atoms with Gasteiger partial charge in [-0.2, -0.15) is 5.10 Å². The topological polar surface area (TPSA) is 59.9 Å². The van der Waals surface area contributed by atoms with Crippen LogP contribution in [-0.2, 0) is 6.61 Å². The summed E-state index contributed by atoms with van der Waals surface area (Å²) in [6, 6.07) is 22.7. The number of amides is 1. The number of hydrogen-bond donors (Lipinski definition) is 1. The molecule has 0 aliphatic rings. The molecule has 0 atom stereocenters. The molecule has 0 saturated heterocycles. The molecule has 0 radical (unpaired) electrons. The number of benzene rings is 3. The minimum absolute atomic E-state index is 0.258. The molecule has 0 heterocycles. The van der Waals surface area contributed by atoms with E-state index in [1.807, 2.05) is 67.6 Å². The van der Waals surface area contributed by atoms with Gasteiger partial charge in [-0.15, -0.1) is 0 Å². The highest BCUT2D eigenvalue weighted by atomic mass is 16.5. The Morgan fingerprint density at radius 3 is 2.46 bits per heavy atom. The maximum Gasteiger partial charge on any atom is 0.271 e. The van der Waals surface area contributed by atoms with Crippen molar-refractivity contribution in [3.05, 3.63) is 95.1 Å². The molecule has 0 aromatic heterocycles. The van der Waals surface area contributed by atoms with Crippen LogP contribution in [0.1, 0.15) is 27.0 Å². The lowest BCUT2D eigenvalue weighted by molar-refractivity contribution is 0.0955. The van der Waals surface area contributed by atoms with Crippen molar-refractivity contribution in [2.75, 3.05) is 7.11 Å². The molecule has 3 aromatic carbocycles. The van der Waals surface area contributed by atoms with E-state index < -0.39 is 0 Å². The number of aryl methyl sites for hydroxylation is 1. The van der Waals surface area contributed by atoms with Gasteiger partial charge in [0, 0.05) is 5.56 Å². The number of carbonyl (C=O) groups is 1. The van der Waals surface area contributed by atoms with Gasteiger partial charge in [-0.05, 0) is 48.4 Å².